The van der Waals surface area contributed by atoms with E-state index in [4.69, 9.17) is 9.47 Å². The predicted octanol–water partition coefficient (Wildman–Crippen LogP) is 4.64. The molecular formula is C20H18O6S2. The van der Waals surface area contributed by atoms with E-state index < -0.39 is 11.9 Å². The number of hydrogen-bond acceptors (Lipinski definition) is 6. The van der Waals surface area contributed by atoms with Crippen molar-refractivity contribution in [1.29, 1.82) is 0 Å². The standard InChI is InChI=1S/C20H18O6S2/c1-25-15-9-5-3-7-13(15)11-17(19(21)22)27-28-18(20(23)24)12-14-8-4-6-10-16(14)26-2/h3-12H,1-2H3,(H,21,22)(H,23,24). The zero-order valence-corrected chi connectivity index (χ0v) is 16.8. The molecule has 0 aliphatic carbocycles. The van der Waals surface area contributed by atoms with Gasteiger partial charge < -0.3 is 19.7 Å². The maximum absolute atomic E-state index is 11.6. The van der Waals surface area contributed by atoms with Gasteiger partial charge in [-0.15, -0.1) is 0 Å². The molecule has 2 aromatic rings. The van der Waals surface area contributed by atoms with E-state index in [-0.39, 0.29) is 9.81 Å². The van der Waals surface area contributed by atoms with Crippen LogP contribution >= 0.6 is 21.6 Å². The fourth-order valence-electron chi connectivity index (χ4n) is 2.19. The molecule has 28 heavy (non-hydrogen) atoms. The molecule has 8 heteroatoms. The Labute approximate surface area is 170 Å². The van der Waals surface area contributed by atoms with E-state index in [0.717, 1.165) is 21.6 Å². The third kappa shape index (κ3) is 5.83. The fourth-order valence-corrected chi connectivity index (χ4v) is 4.11. The second-order valence-corrected chi connectivity index (χ2v) is 7.49. The molecule has 6 nitrogen and oxygen atoms in total. The molecule has 0 saturated carbocycles. The Hall–Kier alpha value is -2.84. The van der Waals surface area contributed by atoms with Crippen molar-refractivity contribution in [2.45, 2.75) is 0 Å². The Morgan fingerprint density at radius 1 is 0.750 bits per heavy atom. The first kappa shape index (κ1) is 21.5. The van der Waals surface area contributed by atoms with Crippen LogP contribution in [0.1, 0.15) is 11.1 Å². The highest BCUT2D eigenvalue weighted by Crippen LogP contribution is 2.39. The number of para-hydroxylation sites is 2. The summed E-state index contributed by atoms with van der Waals surface area (Å²) in [6.07, 6.45) is 2.89. The van der Waals surface area contributed by atoms with Gasteiger partial charge in [-0.2, -0.15) is 0 Å². The van der Waals surface area contributed by atoms with Crippen molar-refractivity contribution < 1.29 is 29.3 Å². The average Bonchev–Trinajstić information content (AvgIpc) is 2.70. The van der Waals surface area contributed by atoms with Gasteiger partial charge in [0.25, 0.3) is 0 Å². The Morgan fingerprint density at radius 2 is 1.11 bits per heavy atom. The Morgan fingerprint density at radius 3 is 1.43 bits per heavy atom. The number of carbonyl (C=O) groups is 2. The summed E-state index contributed by atoms with van der Waals surface area (Å²) in [7, 11) is 4.68. The average molecular weight is 418 g/mol. The van der Waals surface area contributed by atoms with Gasteiger partial charge in [-0.1, -0.05) is 36.4 Å². The van der Waals surface area contributed by atoms with Crippen LogP contribution in [0.15, 0.2) is 58.3 Å². The first-order valence-electron chi connectivity index (χ1n) is 7.96. The molecule has 0 amide bonds. The fraction of sp³-hybridized carbons (Fsp3) is 0.100. The highest BCUT2D eigenvalue weighted by atomic mass is 33.1. The molecule has 0 heterocycles. The van der Waals surface area contributed by atoms with E-state index in [9.17, 15) is 19.8 Å². The number of hydrogen-bond donors (Lipinski definition) is 2. The van der Waals surface area contributed by atoms with Gasteiger partial charge in [0, 0.05) is 11.1 Å². The van der Waals surface area contributed by atoms with Crippen molar-refractivity contribution in [3.63, 3.8) is 0 Å². The minimum Gasteiger partial charge on any atom is -0.496 e. The van der Waals surface area contributed by atoms with E-state index >= 15 is 0 Å². The SMILES string of the molecule is COc1ccccc1C=C(SSC(=Cc1ccccc1OC)C(=O)O)C(=O)O. The molecule has 0 radical (unpaired) electrons. The van der Waals surface area contributed by atoms with Crippen LogP contribution in [0.5, 0.6) is 11.5 Å². The number of methoxy groups -OCH3 is 2. The van der Waals surface area contributed by atoms with Gasteiger partial charge in [0.2, 0.25) is 0 Å². The van der Waals surface area contributed by atoms with Gasteiger partial charge >= 0.3 is 11.9 Å². The molecule has 0 saturated heterocycles. The summed E-state index contributed by atoms with van der Waals surface area (Å²) < 4.78 is 10.4. The highest BCUT2D eigenvalue weighted by molar-refractivity contribution is 8.80. The molecule has 0 spiro atoms. The summed E-state index contributed by atoms with van der Waals surface area (Å²) in [5.41, 5.74) is 1.17. The van der Waals surface area contributed by atoms with E-state index in [1.165, 1.54) is 26.4 Å². The lowest BCUT2D eigenvalue weighted by Crippen LogP contribution is -1.99. The van der Waals surface area contributed by atoms with Crippen LogP contribution in [0, 0.1) is 0 Å². The lowest BCUT2D eigenvalue weighted by Gasteiger charge is -2.08. The molecule has 0 aliphatic heterocycles. The third-order valence-electron chi connectivity index (χ3n) is 3.49. The largest absolute Gasteiger partial charge is 0.496 e. The van der Waals surface area contributed by atoms with Crippen molar-refractivity contribution in [3.8, 4) is 11.5 Å². The third-order valence-corrected chi connectivity index (χ3v) is 5.85. The van der Waals surface area contributed by atoms with Crippen molar-refractivity contribution in [3.05, 3.63) is 69.5 Å². The maximum atomic E-state index is 11.6. The minimum absolute atomic E-state index is 0.0262. The molecule has 2 rings (SSSR count). The number of carboxylic acids is 2. The van der Waals surface area contributed by atoms with E-state index in [2.05, 4.69) is 0 Å². The van der Waals surface area contributed by atoms with Crippen LogP contribution in [0.25, 0.3) is 12.2 Å². The topological polar surface area (TPSA) is 93.1 Å². The summed E-state index contributed by atoms with van der Waals surface area (Å²) in [4.78, 5) is 23.2. The van der Waals surface area contributed by atoms with Crippen LogP contribution in [0.3, 0.4) is 0 Å². The number of carboxylic acid groups (broad SMARTS) is 2. The van der Waals surface area contributed by atoms with Crippen molar-refractivity contribution in [1.82, 2.24) is 0 Å². The Bertz CT molecular complexity index is 845. The summed E-state index contributed by atoms with van der Waals surface area (Å²) in [5.74, 6) is -1.28. The first-order chi connectivity index (χ1) is 13.5. The zero-order valence-electron chi connectivity index (χ0n) is 15.1. The summed E-state index contributed by atoms with van der Waals surface area (Å²) in [6.45, 7) is 0. The predicted molar refractivity (Wildman–Crippen MR) is 112 cm³/mol. The molecular weight excluding hydrogens is 400 g/mol. The second kappa shape index (κ2) is 10.5. The number of benzene rings is 2. The maximum Gasteiger partial charge on any atom is 0.343 e. The summed E-state index contributed by atoms with van der Waals surface area (Å²) in [5, 5.41) is 19.0. The van der Waals surface area contributed by atoms with Gasteiger partial charge in [-0.3, -0.25) is 0 Å². The number of ether oxygens (including phenoxy) is 2. The van der Waals surface area contributed by atoms with Crippen molar-refractivity contribution >= 4 is 45.7 Å². The number of rotatable bonds is 9. The Balaban J connectivity index is 2.29. The van der Waals surface area contributed by atoms with Crippen LogP contribution in [0.4, 0.5) is 0 Å². The van der Waals surface area contributed by atoms with Crippen LogP contribution in [0.2, 0.25) is 0 Å². The molecule has 0 unspecified atom stereocenters. The van der Waals surface area contributed by atoms with Crippen molar-refractivity contribution in [2.24, 2.45) is 0 Å². The molecule has 0 fully saturated rings. The molecule has 146 valence electrons. The minimum atomic E-state index is -1.16. The van der Waals surface area contributed by atoms with Gasteiger partial charge in [-0.05, 0) is 45.9 Å². The lowest BCUT2D eigenvalue weighted by molar-refractivity contribution is -0.132. The molecule has 2 aromatic carbocycles. The smallest absolute Gasteiger partial charge is 0.343 e. The van der Waals surface area contributed by atoms with Gasteiger partial charge in [0.1, 0.15) is 21.3 Å². The summed E-state index contributed by atoms with van der Waals surface area (Å²) in [6, 6.07) is 13.9. The summed E-state index contributed by atoms with van der Waals surface area (Å²) >= 11 is 0. The number of aliphatic carboxylic acids is 2. The molecule has 0 aromatic heterocycles. The molecule has 2 N–H and O–H groups in total. The van der Waals surface area contributed by atoms with Crippen LogP contribution in [-0.4, -0.2) is 36.4 Å². The second-order valence-electron chi connectivity index (χ2n) is 5.28. The molecule has 0 aliphatic rings. The van der Waals surface area contributed by atoms with E-state index in [0.29, 0.717) is 22.6 Å². The monoisotopic (exact) mass is 418 g/mol. The Kier molecular flexibility index (Phi) is 8.03. The van der Waals surface area contributed by atoms with Crippen molar-refractivity contribution in [2.75, 3.05) is 14.2 Å². The first-order valence-corrected chi connectivity index (χ1v) is 10.1. The van der Waals surface area contributed by atoms with Crippen LogP contribution < -0.4 is 9.47 Å². The molecule has 0 atom stereocenters. The van der Waals surface area contributed by atoms with Gasteiger partial charge in [-0.25, -0.2) is 9.59 Å². The quantitative estimate of drug-likeness (QED) is 0.449. The zero-order chi connectivity index (χ0) is 20.5. The van der Waals surface area contributed by atoms with Gasteiger partial charge in [0.15, 0.2) is 0 Å². The van der Waals surface area contributed by atoms with E-state index in [1.54, 1.807) is 48.5 Å². The normalized spacial score (nSPS) is 11.8. The van der Waals surface area contributed by atoms with E-state index in [1.807, 2.05) is 0 Å². The highest BCUT2D eigenvalue weighted by Gasteiger charge is 2.16. The van der Waals surface area contributed by atoms with Crippen LogP contribution in [-0.2, 0) is 9.59 Å². The van der Waals surface area contributed by atoms with Gasteiger partial charge in [0.05, 0.1) is 14.2 Å². The lowest BCUT2D eigenvalue weighted by atomic mass is 10.2. The molecule has 0 bridgehead atoms.